The topological polar surface area (TPSA) is 52.0 Å². The van der Waals surface area contributed by atoms with Gasteiger partial charge in [0.05, 0.1) is 0 Å². The zero-order chi connectivity index (χ0) is 26.8. The van der Waals surface area contributed by atoms with Crippen molar-refractivity contribution < 1.29 is 0 Å². The molecule has 0 spiro atoms. The van der Waals surface area contributed by atoms with Crippen LogP contribution in [0.25, 0.3) is 55.6 Å². The molecule has 0 unspecified atom stereocenters. The number of anilines is 2. The van der Waals surface area contributed by atoms with E-state index < -0.39 is 0 Å². The molecule has 2 aliphatic rings. The van der Waals surface area contributed by atoms with Gasteiger partial charge in [-0.3, -0.25) is 0 Å². The summed E-state index contributed by atoms with van der Waals surface area (Å²) in [4.78, 5) is 0. The summed E-state index contributed by atoms with van der Waals surface area (Å²) in [6, 6.07) is 43.5. The maximum atomic E-state index is 6.45. The largest absolute Gasteiger partial charge is 0.399 e. The Bertz CT molecular complexity index is 1840. The SMILES string of the molecule is Nc1ccc(-c2ccc(N)cc2-c2cccc3c2Cc2ccccc2-3)c(-c2cccc3c2Cc2ccccc2-3)c1. The maximum absolute atomic E-state index is 6.45. The first-order chi connectivity index (χ1) is 19.7. The summed E-state index contributed by atoms with van der Waals surface area (Å²) in [6.45, 7) is 0. The molecule has 2 aliphatic carbocycles. The third-order valence-corrected chi connectivity index (χ3v) is 8.66. The molecule has 2 heteroatoms. The van der Waals surface area contributed by atoms with Gasteiger partial charge in [0.1, 0.15) is 0 Å². The average Bonchev–Trinajstić information content (AvgIpc) is 3.56. The van der Waals surface area contributed by atoms with Crippen molar-refractivity contribution >= 4 is 11.4 Å². The van der Waals surface area contributed by atoms with Crippen LogP contribution in [0.5, 0.6) is 0 Å². The summed E-state index contributed by atoms with van der Waals surface area (Å²) in [6.07, 6.45) is 1.85. The van der Waals surface area contributed by atoms with Gasteiger partial charge in [0.15, 0.2) is 0 Å². The third-order valence-electron chi connectivity index (χ3n) is 8.66. The minimum absolute atomic E-state index is 0.764. The second-order valence-electron chi connectivity index (χ2n) is 10.9. The van der Waals surface area contributed by atoms with Crippen molar-refractivity contribution in [1.82, 2.24) is 0 Å². The van der Waals surface area contributed by atoms with E-state index >= 15 is 0 Å². The Hall–Kier alpha value is -5.08. The molecule has 0 bridgehead atoms. The first-order valence-corrected chi connectivity index (χ1v) is 13.9. The standard InChI is InChI=1S/C38H28N2/c39-25-15-17-33(37(21-25)31-13-5-11-29-27-9-3-1-7-23(27)19-35(29)31)34-18-16-26(40)22-38(34)32-14-6-12-30-28-10-4-2-8-24(28)20-36(30)32/h1-18,21-22H,19-20,39-40H2. The molecule has 8 rings (SSSR count). The van der Waals surface area contributed by atoms with Crippen LogP contribution in [0.15, 0.2) is 121 Å². The molecule has 0 amide bonds. The van der Waals surface area contributed by atoms with E-state index in [0.29, 0.717) is 0 Å². The molecule has 6 aromatic rings. The molecule has 0 heterocycles. The van der Waals surface area contributed by atoms with Crippen LogP contribution < -0.4 is 11.5 Å². The summed E-state index contributed by atoms with van der Waals surface area (Å²) in [7, 11) is 0. The highest BCUT2D eigenvalue weighted by molar-refractivity contribution is 5.98. The van der Waals surface area contributed by atoms with E-state index in [4.69, 9.17) is 11.5 Å². The van der Waals surface area contributed by atoms with Gasteiger partial charge in [0, 0.05) is 11.4 Å². The third kappa shape index (κ3) is 3.43. The van der Waals surface area contributed by atoms with Gasteiger partial charge in [-0.1, -0.05) is 97.1 Å². The Kier molecular flexibility index (Phi) is 4.99. The molecule has 0 fully saturated rings. The van der Waals surface area contributed by atoms with Crippen molar-refractivity contribution in [3.8, 4) is 55.6 Å². The van der Waals surface area contributed by atoms with Gasteiger partial charge >= 0.3 is 0 Å². The van der Waals surface area contributed by atoms with Crippen LogP contribution >= 0.6 is 0 Å². The molecular formula is C38H28N2. The molecule has 0 saturated carbocycles. The zero-order valence-corrected chi connectivity index (χ0v) is 22.1. The lowest BCUT2D eigenvalue weighted by Gasteiger charge is -2.19. The van der Waals surface area contributed by atoms with E-state index in [-0.39, 0.29) is 0 Å². The predicted octanol–water partition coefficient (Wildman–Crippen LogP) is 8.99. The Labute approximate surface area is 234 Å². The summed E-state index contributed by atoms with van der Waals surface area (Å²) in [5.74, 6) is 0. The number of rotatable bonds is 3. The molecule has 0 aliphatic heterocycles. The van der Waals surface area contributed by atoms with Crippen LogP contribution in [0, 0.1) is 0 Å². The summed E-state index contributed by atoms with van der Waals surface area (Å²) in [5, 5.41) is 0. The predicted molar refractivity (Wildman–Crippen MR) is 168 cm³/mol. The van der Waals surface area contributed by atoms with E-state index in [1.54, 1.807) is 0 Å². The minimum atomic E-state index is 0.764. The highest BCUT2D eigenvalue weighted by Gasteiger charge is 2.25. The number of fused-ring (bicyclic) bond motifs is 6. The van der Waals surface area contributed by atoms with E-state index in [9.17, 15) is 0 Å². The van der Waals surface area contributed by atoms with E-state index in [1.165, 1.54) is 66.8 Å². The molecule has 2 nitrogen and oxygen atoms in total. The van der Waals surface area contributed by atoms with E-state index in [1.807, 2.05) is 12.1 Å². The number of hydrogen-bond acceptors (Lipinski definition) is 2. The average molecular weight is 513 g/mol. The summed E-state index contributed by atoms with van der Waals surface area (Å²) < 4.78 is 0. The molecule has 0 atom stereocenters. The molecule has 0 saturated heterocycles. The Morgan fingerprint density at radius 1 is 0.325 bits per heavy atom. The van der Waals surface area contributed by atoms with Crippen LogP contribution in [-0.4, -0.2) is 0 Å². The Morgan fingerprint density at radius 2 is 0.700 bits per heavy atom. The zero-order valence-electron chi connectivity index (χ0n) is 22.1. The number of nitrogens with two attached hydrogens (primary N) is 2. The first kappa shape index (κ1) is 22.9. The second-order valence-corrected chi connectivity index (χ2v) is 10.9. The van der Waals surface area contributed by atoms with Gasteiger partial charge in [0.2, 0.25) is 0 Å². The lowest BCUT2D eigenvalue weighted by atomic mass is 9.85. The fourth-order valence-electron chi connectivity index (χ4n) is 6.86. The van der Waals surface area contributed by atoms with E-state index in [0.717, 1.165) is 35.3 Å². The monoisotopic (exact) mass is 512 g/mol. The lowest BCUT2D eigenvalue weighted by molar-refractivity contribution is 1.26. The van der Waals surface area contributed by atoms with Gasteiger partial charge in [-0.05, 0) is 115 Å². The van der Waals surface area contributed by atoms with Crippen LogP contribution in [0.4, 0.5) is 11.4 Å². The number of benzene rings is 6. The van der Waals surface area contributed by atoms with Gasteiger partial charge in [0.25, 0.3) is 0 Å². The minimum Gasteiger partial charge on any atom is -0.399 e. The van der Waals surface area contributed by atoms with Crippen molar-refractivity contribution in [1.29, 1.82) is 0 Å². The van der Waals surface area contributed by atoms with Crippen molar-refractivity contribution in [2.24, 2.45) is 0 Å². The quantitative estimate of drug-likeness (QED) is 0.232. The van der Waals surface area contributed by atoms with Crippen molar-refractivity contribution in [2.75, 3.05) is 11.5 Å². The summed E-state index contributed by atoms with van der Waals surface area (Å²) in [5.41, 5.74) is 32.3. The number of nitrogen functional groups attached to an aromatic ring is 2. The highest BCUT2D eigenvalue weighted by atomic mass is 14.5. The highest BCUT2D eigenvalue weighted by Crippen LogP contribution is 2.48. The fraction of sp³-hybridized carbons (Fsp3) is 0.0526. The Morgan fingerprint density at radius 3 is 1.15 bits per heavy atom. The molecule has 0 radical (unpaired) electrons. The fourth-order valence-corrected chi connectivity index (χ4v) is 6.86. The molecule has 6 aromatic carbocycles. The lowest BCUT2D eigenvalue weighted by Crippen LogP contribution is -1.97. The van der Waals surface area contributed by atoms with Crippen LogP contribution in [0.3, 0.4) is 0 Å². The van der Waals surface area contributed by atoms with Crippen molar-refractivity contribution in [3.63, 3.8) is 0 Å². The van der Waals surface area contributed by atoms with Crippen LogP contribution in [-0.2, 0) is 12.8 Å². The maximum Gasteiger partial charge on any atom is 0.0320 e. The molecule has 40 heavy (non-hydrogen) atoms. The summed E-state index contributed by atoms with van der Waals surface area (Å²) >= 11 is 0. The van der Waals surface area contributed by atoms with Crippen molar-refractivity contribution in [3.05, 3.63) is 144 Å². The molecular weight excluding hydrogens is 484 g/mol. The second kappa shape index (κ2) is 8.72. The smallest absolute Gasteiger partial charge is 0.0320 e. The van der Waals surface area contributed by atoms with Crippen LogP contribution in [0.2, 0.25) is 0 Å². The molecule has 0 aromatic heterocycles. The van der Waals surface area contributed by atoms with Gasteiger partial charge < -0.3 is 11.5 Å². The van der Waals surface area contributed by atoms with E-state index in [2.05, 4.69) is 109 Å². The normalized spacial score (nSPS) is 12.5. The van der Waals surface area contributed by atoms with Crippen LogP contribution in [0.1, 0.15) is 22.3 Å². The Balaban J connectivity index is 1.35. The van der Waals surface area contributed by atoms with Gasteiger partial charge in [-0.25, -0.2) is 0 Å². The van der Waals surface area contributed by atoms with Crippen molar-refractivity contribution in [2.45, 2.75) is 12.8 Å². The molecule has 4 N–H and O–H groups in total. The molecule has 190 valence electrons. The first-order valence-electron chi connectivity index (χ1n) is 13.9. The number of hydrogen-bond donors (Lipinski definition) is 2. The van der Waals surface area contributed by atoms with Gasteiger partial charge in [-0.2, -0.15) is 0 Å². The van der Waals surface area contributed by atoms with Gasteiger partial charge in [-0.15, -0.1) is 0 Å².